The zero-order valence-electron chi connectivity index (χ0n) is 6.73. The lowest BCUT2D eigenvalue weighted by Gasteiger charge is -2.13. The minimum atomic E-state index is -0.130. The molecule has 0 aliphatic carbocycles. The van der Waals surface area contributed by atoms with Crippen LogP contribution in [0.4, 0.5) is 0 Å². The number of nitrogens with zero attached hydrogens (tertiary/aromatic N) is 3. The van der Waals surface area contributed by atoms with Gasteiger partial charge in [-0.3, -0.25) is 4.79 Å². The molecule has 0 aliphatic rings. The number of nitrogens with two attached hydrogens (primary N) is 1. The molecule has 0 spiro atoms. The first-order chi connectivity index (χ1) is 5.75. The van der Waals surface area contributed by atoms with Gasteiger partial charge in [0.1, 0.15) is 0 Å². The monoisotopic (exact) mass is 186 g/mol. The first kappa shape index (κ1) is 9.08. The van der Waals surface area contributed by atoms with Gasteiger partial charge in [-0.25, -0.2) is 0 Å². The van der Waals surface area contributed by atoms with Gasteiger partial charge in [0, 0.05) is 20.1 Å². The summed E-state index contributed by atoms with van der Waals surface area (Å²) in [6, 6.07) is 0. The molecule has 1 aromatic heterocycles. The number of rotatable bonds is 3. The van der Waals surface area contributed by atoms with Crippen molar-refractivity contribution < 1.29 is 4.79 Å². The van der Waals surface area contributed by atoms with E-state index in [0.29, 0.717) is 18.8 Å². The van der Waals surface area contributed by atoms with Crippen LogP contribution >= 0.6 is 11.7 Å². The van der Waals surface area contributed by atoms with Gasteiger partial charge in [0.25, 0.3) is 5.91 Å². The van der Waals surface area contributed by atoms with Crippen LogP contribution in [0.25, 0.3) is 0 Å². The molecule has 12 heavy (non-hydrogen) atoms. The number of likely N-dealkylation sites (N-methyl/N-ethyl adjacent to an activating group) is 1. The Balaban J connectivity index is 2.59. The van der Waals surface area contributed by atoms with E-state index in [9.17, 15) is 4.79 Å². The fourth-order valence-electron chi connectivity index (χ4n) is 0.750. The standard InChI is InChI=1S/C6H10N4OS/c1-10(3-2-7)6(11)5-4-8-12-9-5/h4H,2-3,7H2,1H3. The van der Waals surface area contributed by atoms with E-state index in [0.717, 1.165) is 11.7 Å². The van der Waals surface area contributed by atoms with Crippen molar-refractivity contribution in [3.8, 4) is 0 Å². The Kier molecular flexibility index (Phi) is 3.12. The van der Waals surface area contributed by atoms with E-state index in [-0.39, 0.29) is 5.91 Å². The highest BCUT2D eigenvalue weighted by Gasteiger charge is 2.12. The van der Waals surface area contributed by atoms with Crippen molar-refractivity contribution >= 4 is 17.6 Å². The van der Waals surface area contributed by atoms with Gasteiger partial charge in [0.05, 0.1) is 17.9 Å². The van der Waals surface area contributed by atoms with Crippen LogP contribution in [0, 0.1) is 0 Å². The van der Waals surface area contributed by atoms with Crippen molar-refractivity contribution in [1.29, 1.82) is 0 Å². The minimum absolute atomic E-state index is 0.130. The second kappa shape index (κ2) is 4.13. The third kappa shape index (κ3) is 1.99. The van der Waals surface area contributed by atoms with Gasteiger partial charge >= 0.3 is 0 Å². The molecule has 0 saturated carbocycles. The third-order valence-corrected chi connectivity index (χ3v) is 1.87. The normalized spacial score (nSPS) is 9.83. The van der Waals surface area contributed by atoms with Crippen molar-refractivity contribution in [3.63, 3.8) is 0 Å². The van der Waals surface area contributed by atoms with Crippen molar-refractivity contribution in [2.45, 2.75) is 0 Å². The zero-order chi connectivity index (χ0) is 8.97. The zero-order valence-corrected chi connectivity index (χ0v) is 7.54. The molecule has 1 rings (SSSR count). The lowest BCUT2D eigenvalue weighted by atomic mass is 10.4. The van der Waals surface area contributed by atoms with Crippen LogP contribution in [-0.4, -0.2) is 39.7 Å². The summed E-state index contributed by atoms with van der Waals surface area (Å²) in [7, 11) is 1.69. The highest BCUT2D eigenvalue weighted by molar-refractivity contribution is 6.99. The van der Waals surface area contributed by atoms with Gasteiger partial charge in [0.2, 0.25) is 0 Å². The summed E-state index contributed by atoms with van der Waals surface area (Å²) in [4.78, 5) is 12.9. The SMILES string of the molecule is CN(CCN)C(=O)c1cnsn1. The summed E-state index contributed by atoms with van der Waals surface area (Å²) in [5, 5.41) is 0. The molecule has 66 valence electrons. The van der Waals surface area contributed by atoms with Gasteiger partial charge in [-0.2, -0.15) is 8.75 Å². The Morgan fingerprint density at radius 1 is 1.83 bits per heavy atom. The van der Waals surface area contributed by atoms with Crippen LogP contribution < -0.4 is 5.73 Å². The number of carbonyl (C=O) groups is 1. The topological polar surface area (TPSA) is 72.1 Å². The average molecular weight is 186 g/mol. The maximum atomic E-state index is 11.4. The Hall–Kier alpha value is -1.01. The quantitative estimate of drug-likeness (QED) is 0.695. The van der Waals surface area contributed by atoms with Crippen LogP contribution in [0.1, 0.15) is 10.5 Å². The molecule has 0 aromatic carbocycles. The fourth-order valence-corrected chi connectivity index (χ4v) is 1.16. The predicted octanol–water partition coefficient (Wildman–Crippen LogP) is -0.431. The van der Waals surface area contributed by atoms with E-state index in [4.69, 9.17) is 5.73 Å². The maximum absolute atomic E-state index is 11.4. The predicted molar refractivity (Wildman–Crippen MR) is 45.9 cm³/mol. The first-order valence-electron chi connectivity index (χ1n) is 3.49. The molecule has 6 heteroatoms. The van der Waals surface area contributed by atoms with E-state index in [1.54, 1.807) is 7.05 Å². The van der Waals surface area contributed by atoms with Crippen LogP contribution in [0.2, 0.25) is 0 Å². The summed E-state index contributed by atoms with van der Waals surface area (Å²) in [5.74, 6) is -0.130. The van der Waals surface area contributed by atoms with Gasteiger partial charge in [-0.1, -0.05) is 0 Å². The molecular formula is C6H10N4OS. The lowest BCUT2D eigenvalue weighted by molar-refractivity contribution is 0.0794. The molecule has 0 bridgehead atoms. The summed E-state index contributed by atoms with van der Waals surface area (Å²) < 4.78 is 7.56. The van der Waals surface area contributed by atoms with Crippen molar-refractivity contribution in [1.82, 2.24) is 13.6 Å². The largest absolute Gasteiger partial charge is 0.339 e. The minimum Gasteiger partial charge on any atom is -0.339 e. The number of amides is 1. The Morgan fingerprint density at radius 2 is 2.58 bits per heavy atom. The smallest absolute Gasteiger partial charge is 0.275 e. The molecule has 0 radical (unpaired) electrons. The Morgan fingerprint density at radius 3 is 3.08 bits per heavy atom. The highest BCUT2D eigenvalue weighted by atomic mass is 32.1. The van der Waals surface area contributed by atoms with Crippen LogP contribution in [0.15, 0.2) is 6.20 Å². The van der Waals surface area contributed by atoms with E-state index in [1.165, 1.54) is 11.1 Å². The fraction of sp³-hybridized carbons (Fsp3) is 0.500. The van der Waals surface area contributed by atoms with Crippen LogP contribution in [0.5, 0.6) is 0 Å². The lowest BCUT2D eigenvalue weighted by Crippen LogP contribution is -2.31. The second-order valence-electron chi connectivity index (χ2n) is 2.31. The molecule has 2 N–H and O–H groups in total. The summed E-state index contributed by atoms with van der Waals surface area (Å²) >= 11 is 1.02. The average Bonchev–Trinajstić information content (AvgIpc) is 2.55. The number of hydrogen-bond donors (Lipinski definition) is 1. The molecular weight excluding hydrogens is 176 g/mol. The molecule has 0 aliphatic heterocycles. The Bertz CT molecular complexity index is 248. The van der Waals surface area contributed by atoms with Crippen LogP contribution in [0.3, 0.4) is 0 Å². The molecule has 1 aromatic rings. The number of hydrogen-bond acceptors (Lipinski definition) is 5. The van der Waals surface area contributed by atoms with Crippen molar-refractivity contribution in [2.24, 2.45) is 5.73 Å². The van der Waals surface area contributed by atoms with Crippen molar-refractivity contribution in [3.05, 3.63) is 11.9 Å². The first-order valence-corrected chi connectivity index (χ1v) is 4.22. The molecule has 5 nitrogen and oxygen atoms in total. The van der Waals surface area contributed by atoms with Gasteiger partial charge in [0.15, 0.2) is 5.69 Å². The third-order valence-electron chi connectivity index (χ3n) is 1.39. The van der Waals surface area contributed by atoms with E-state index in [1.807, 2.05) is 0 Å². The van der Waals surface area contributed by atoms with Gasteiger partial charge in [-0.15, -0.1) is 0 Å². The van der Waals surface area contributed by atoms with E-state index < -0.39 is 0 Å². The molecule has 1 amide bonds. The van der Waals surface area contributed by atoms with Crippen molar-refractivity contribution in [2.75, 3.05) is 20.1 Å². The highest BCUT2D eigenvalue weighted by Crippen LogP contribution is 1.99. The van der Waals surface area contributed by atoms with Gasteiger partial charge in [-0.05, 0) is 0 Å². The second-order valence-corrected chi connectivity index (χ2v) is 2.86. The van der Waals surface area contributed by atoms with Crippen LogP contribution in [-0.2, 0) is 0 Å². The molecule has 0 atom stereocenters. The summed E-state index contributed by atoms with van der Waals surface area (Å²) in [5.41, 5.74) is 5.68. The number of aromatic nitrogens is 2. The molecule has 1 heterocycles. The maximum Gasteiger partial charge on any atom is 0.275 e. The van der Waals surface area contributed by atoms with E-state index in [2.05, 4.69) is 8.75 Å². The molecule has 0 fully saturated rings. The molecule has 0 saturated heterocycles. The van der Waals surface area contributed by atoms with E-state index >= 15 is 0 Å². The summed E-state index contributed by atoms with van der Waals surface area (Å²) in [6.45, 7) is 0.996. The molecule has 0 unspecified atom stereocenters. The Labute approximate surface area is 74.5 Å². The summed E-state index contributed by atoms with van der Waals surface area (Å²) in [6.07, 6.45) is 1.46. The number of carbonyl (C=O) groups excluding carboxylic acids is 1. The van der Waals surface area contributed by atoms with Gasteiger partial charge < -0.3 is 10.6 Å².